The van der Waals surface area contributed by atoms with E-state index in [1.54, 1.807) is 0 Å². The maximum atomic E-state index is 4.00. The van der Waals surface area contributed by atoms with E-state index in [-0.39, 0.29) is 0 Å². The van der Waals surface area contributed by atoms with Crippen LogP contribution in [0.25, 0.3) is 61.1 Å². The first kappa shape index (κ1) is 33.8. The van der Waals surface area contributed by atoms with Gasteiger partial charge in [0.25, 0.3) is 0 Å². The quantitative estimate of drug-likeness (QED) is 0.124. The van der Waals surface area contributed by atoms with Crippen molar-refractivity contribution >= 4 is 50.2 Å². The average molecular weight is 728 g/mol. The number of fused-ring (bicyclic) bond motifs is 9. The van der Waals surface area contributed by atoms with Crippen molar-refractivity contribution in [3.63, 3.8) is 0 Å². The molecule has 1 fully saturated rings. The zero-order valence-corrected chi connectivity index (χ0v) is 32.5. The zero-order chi connectivity index (χ0) is 37.0. The third-order valence-corrected chi connectivity index (χ3v) is 13.4. The first-order chi connectivity index (χ1) is 27.1. The number of hydrogen-bond acceptors (Lipinski definition) is 1. The van der Waals surface area contributed by atoms with Crippen molar-refractivity contribution in [2.45, 2.75) is 51.4 Å². The number of allylic oxidation sites excluding steroid dienone is 7. The lowest BCUT2D eigenvalue weighted by atomic mass is 9.88. The van der Waals surface area contributed by atoms with Gasteiger partial charge in [-0.2, -0.15) is 0 Å². The van der Waals surface area contributed by atoms with Crippen molar-refractivity contribution in [1.29, 1.82) is 0 Å². The molecule has 2 unspecified atom stereocenters. The molecule has 10 rings (SSSR count). The Morgan fingerprint density at radius 1 is 0.855 bits per heavy atom. The molecular formula is C53H45NS. The van der Waals surface area contributed by atoms with E-state index in [0.29, 0.717) is 17.8 Å². The van der Waals surface area contributed by atoms with Crippen LogP contribution in [0.15, 0.2) is 158 Å². The molecule has 0 saturated heterocycles. The second-order valence-corrected chi connectivity index (χ2v) is 16.7. The van der Waals surface area contributed by atoms with E-state index in [9.17, 15) is 0 Å². The van der Waals surface area contributed by atoms with Crippen LogP contribution in [0.2, 0.25) is 0 Å². The molecule has 7 aromatic rings. The maximum Gasteiger partial charge on any atom is 0.0540 e. The van der Waals surface area contributed by atoms with Crippen molar-refractivity contribution in [3.8, 4) is 22.3 Å². The van der Waals surface area contributed by atoms with Crippen molar-refractivity contribution in [1.82, 2.24) is 4.57 Å². The highest BCUT2D eigenvalue weighted by Crippen LogP contribution is 2.57. The number of nitrogens with zero attached hydrogens (tertiary/aromatic N) is 1. The molecule has 1 saturated carbocycles. The van der Waals surface area contributed by atoms with Crippen LogP contribution in [-0.2, 0) is 12.8 Å². The van der Waals surface area contributed by atoms with Crippen LogP contribution in [0.1, 0.15) is 76.9 Å². The molecule has 0 N–H and O–H groups in total. The fourth-order valence-electron chi connectivity index (χ4n) is 9.65. The van der Waals surface area contributed by atoms with Crippen LogP contribution in [0.3, 0.4) is 0 Å². The summed E-state index contributed by atoms with van der Waals surface area (Å²) < 4.78 is 3.96. The van der Waals surface area contributed by atoms with Gasteiger partial charge in [0.05, 0.1) is 5.52 Å². The molecule has 2 aromatic heterocycles. The molecule has 0 aliphatic heterocycles. The summed E-state index contributed by atoms with van der Waals surface area (Å²) in [5.41, 5.74) is 17.9. The summed E-state index contributed by atoms with van der Waals surface area (Å²) in [5, 5.41) is 2.71. The molecule has 0 spiro atoms. The second-order valence-electron chi connectivity index (χ2n) is 15.5. The van der Waals surface area contributed by atoms with E-state index < -0.39 is 0 Å². The predicted molar refractivity (Wildman–Crippen MR) is 238 cm³/mol. The molecule has 2 heterocycles. The fourth-order valence-corrected chi connectivity index (χ4v) is 10.9. The summed E-state index contributed by atoms with van der Waals surface area (Å²) in [7, 11) is 0. The van der Waals surface area contributed by atoms with E-state index in [4.69, 9.17) is 0 Å². The Morgan fingerprint density at radius 2 is 1.65 bits per heavy atom. The minimum Gasteiger partial charge on any atom is -0.317 e. The van der Waals surface area contributed by atoms with Crippen LogP contribution < -0.4 is 0 Å². The van der Waals surface area contributed by atoms with Gasteiger partial charge in [-0.15, -0.1) is 11.3 Å². The van der Waals surface area contributed by atoms with Gasteiger partial charge in [-0.3, -0.25) is 0 Å². The first-order valence-electron chi connectivity index (χ1n) is 19.9. The third kappa shape index (κ3) is 5.83. The lowest BCUT2D eigenvalue weighted by Gasteiger charge is -2.15. The van der Waals surface area contributed by atoms with Crippen LogP contribution in [-0.4, -0.2) is 4.57 Å². The van der Waals surface area contributed by atoms with Crippen molar-refractivity contribution < 1.29 is 0 Å². The number of hydrogen-bond donors (Lipinski definition) is 0. The van der Waals surface area contributed by atoms with Crippen LogP contribution in [0, 0.1) is 5.92 Å². The highest BCUT2D eigenvalue weighted by Gasteiger charge is 2.43. The van der Waals surface area contributed by atoms with Gasteiger partial charge in [0.1, 0.15) is 0 Å². The second kappa shape index (κ2) is 13.9. The monoisotopic (exact) mass is 727 g/mol. The zero-order valence-electron chi connectivity index (χ0n) is 31.6. The summed E-state index contributed by atoms with van der Waals surface area (Å²) in [6.45, 7) is 8.42. The van der Waals surface area contributed by atoms with Crippen LogP contribution in [0.5, 0.6) is 0 Å². The molecule has 2 heteroatoms. The minimum absolute atomic E-state index is 0.380. The Labute approximate surface area is 329 Å². The normalized spacial score (nSPS) is 18.5. The van der Waals surface area contributed by atoms with Gasteiger partial charge < -0.3 is 4.57 Å². The predicted octanol–water partition coefficient (Wildman–Crippen LogP) is 14.6. The van der Waals surface area contributed by atoms with Gasteiger partial charge in [-0.05, 0) is 113 Å². The molecule has 0 amide bonds. The number of thiophene rings is 1. The van der Waals surface area contributed by atoms with Gasteiger partial charge >= 0.3 is 0 Å². The van der Waals surface area contributed by atoms with Gasteiger partial charge in [0, 0.05) is 55.6 Å². The SMILES string of the molecule is C=C/C=C(\C=C/C)Cc1sc2ccccc2c1/C=C(\C)n1c2c(c3c(-c4ccc5c(c4)C(CCc4ccccc4)c4ccccc4-5)cccc31)C=CC1C[C@@H]21. The molecule has 5 aromatic carbocycles. The van der Waals surface area contributed by atoms with E-state index in [2.05, 4.69) is 177 Å². The minimum atomic E-state index is 0.380. The lowest BCUT2D eigenvalue weighted by molar-refractivity contribution is 0.730. The molecule has 3 aliphatic rings. The molecule has 3 aliphatic carbocycles. The van der Waals surface area contributed by atoms with Crippen molar-refractivity contribution in [2.24, 2.45) is 5.92 Å². The van der Waals surface area contributed by atoms with E-state index in [1.807, 2.05) is 17.4 Å². The van der Waals surface area contributed by atoms with Crippen molar-refractivity contribution in [3.05, 3.63) is 196 Å². The van der Waals surface area contributed by atoms with Crippen LogP contribution in [0.4, 0.5) is 0 Å². The van der Waals surface area contributed by atoms with Gasteiger partial charge in [0.15, 0.2) is 0 Å². The Hall–Kier alpha value is -5.70. The summed E-state index contributed by atoms with van der Waals surface area (Å²) in [4.78, 5) is 1.39. The number of rotatable bonds is 10. The molecule has 55 heavy (non-hydrogen) atoms. The molecular weight excluding hydrogens is 683 g/mol. The highest BCUT2D eigenvalue weighted by molar-refractivity contribution is 7.19. The number of aryl methyl sites for hydroxylation is 1. The maximum absolute atomic E-state index is 4.00. The summed E-state index contributed by atoms with van der Waals surface area (Å²) >= 11 is 1.92. The van der Waals surface area contributed by atoms with Gasteiger partial charge in [0.2, 0.25) is 0 Å². The molecule has 268 valence electrons. The third-order valence-electron chi connectivity index (χ3n) is 12.2. The Kier molecular flexibility index (Phi) is 8.53. The topological polar surface area (TPSA) is 4.93 Å². The highest BCUT2D eigenvalue weighted by atomic mass is 32.1. The van der Waals surface area contributed by atoms with Gasteiger partial charge in [-0.1, -0.05) is 140 Å². The Balaban J connectivity index is 1.11. The van der Waals surface area contributed by atoms with Crippen molar-refractivity contribution in [2.75, 3.05) is 0 Å². The van der Waals surface area contributed by atoms with Crippen LogP contribution >= 0.6 is 11.3 Å². The summed E-state index contributed by atoms with van der Waals surface area (Å²) in [6.07, 6.45) is 20.1. The Bertz CT molecular complexity index is 2760. The van der Waals surface area contributed by atoms with Gasteiger partial charge in [-0.25, -0.2) is 0 Å². The molecule has 3 atom stereocenters. The average Bonchev–Trinajstić information content (AvgIpc) is 3.70. The van der Waals surface area contributed by atoms with E-state index >= 15 is 0 Å². The standard InChI is InChI=1S/C53H45NS/c1-4-14-36(15-5-2)31-51-48(44-20-11-12-23-50(44)55-51)30-34(3)54-49-22-13-21-39(52(49)45-29-26-38-32-46(38)53(45)54)37-25-28-43-41-19-10-9-18-40(41)42(47(43)33-37)27-24-35-16-7-6-8-17-35/h4-23,25-26,28-30,33,38,42,46H,1,24,27,31-32H2,2-3H3/b15-5-,34-30+,36-14+/t38?,42?,46-/m1/s1. The van der Waals surface area contributed by atoms with E-state index in [0.717, 1.165) is 19.3 Å². The van der Waals surface area contributed by atoms with E-state index in [1.165, 1.54) is 99.3 Å². The summed E-state index contributed by atoms with van der Waals surface area (Å²) in [6, 6.07) is 43.3. The number of aromatic nitrogens is 1. The lowest BCUT2D eigenvalue weighted by Crippen LogP contribution is -2.02. The fraction of sp³-hybridized carbons (Fsp3) is 0.170. The Morgan fingerprint density at radius 3 is 2.53 bits per heavy atom. The molecule has 1 nitrogen and oxygen atoms in total. The first-order valence-corrected chi connectivity index (χ1v) is 20.7. The smallest absolute Gasteiger partial charge is 0.0540 e. The summed E-state index contributed by atoms with van der Waals surface area (Å²) in [5.74, 6) is 1.59. The largest absolute Gasteiger partial charge is 0.317 e. The number of benzene rings is 5. The molecule has 0 bridgehead atoms. The molecule has 0 radical (unpaired) electrons.